The summed E-state index contributed by atoms with van der Waals surface area (Å²) in [5.74, 6) is 0.155. The Bertz CT molecular complexity index is 679. The van der Waals surface area contributed by atoms with Gasteiger partial charge in [0.25, 0.3) is 6.43 Å². The molecule has 2 heterocycles. The number of ether oxygens (including phenoxy) is 1. The normalized spacial score (nSPS) is 22.5. The van der Waals surface area contributed by atoms with Crippen LogP contribution in [0, 0.1) is 0 Å². The average Bonchev–Trinajstić information content (AvgIpc) is 2.53. The molecule has 22 heavy (non-hydrogen) atoms. The van der Waals surface area contributed by atoms with Crippen LogP contribution >= 0.6 is 0 Å². The molecule has 1 atom stereocenters. The smallest absolute Gasteiger partial charge is 0.297 e. The van der Waals surface area contributed by atoms with Gasteiger partial charge in [0, 0.05) is 18.5 Å². The van der Waals surface area contributed by atoms with E-state index in [1.54, 1.807) is 12.1 Å². The summed E-state index contributed by atoms with van der Waals surface area (Å²) >= 11 is 0. The van der Waals surface area contributed by atoms with Crippen molar-refractivity contribution in [3.05, 3.63) is 30.1 Å². The van der Waals surface area contributed by atoms with Crippen molar-refractivity contribution in [2.45, 2.75) is 32.3 Å². The fourth-order valence-corrected chi connectivity index (χ4v) is 2.74. The second-order valence-corrected chi connectivity index (χ2v) is 5.80. The highest BCUT2D eigenvalue weighted by atomic mass is 19.3. The van der Waals surface area contributed by atoms with E-state index in [-0.39, 0.29) is 5.60 Å². The van der Waals surface area contributed by atoms with Crippen LogP contribution in [0.25, 0.3) is 10.9 Å². The standard InChI is InChI=1S/C16H19F2N3O/c1-3-16(2)10-21(8-9-22-16)15-11-6-4-5-7-12(11)19-14(20-15)13(17)18/h4-7,13H,3,8-10H2,1-2H3. The Morgan fingerprint density at radius 3 is 2.82 bits per heavy atom. The first-order chi connectivity index (χ1) is 10.5. The van der Waals surface area contributed by atoms with Gasteiger partial charge in [0.1, 0.15) is 5.82 Å². The van der Waals surface area contributed by atoms with Gasteiger partial charge in [0.2, 0.25) is 0 Å². The zero-order valence-corrected chi connectivity index (χ0v) is 12.7. The topological polar surface area (TPSA) is 38.2 Å². The monoisotopic (exact) mass is 307 g/mol. The molecule has 0 spiro atoms. The van der Waals surface area contributed by atoms with Crippen LogP contribution < -0.4 is 4.90 Å². The van der Waals surface area contributed by atoms with Crippen molar-refractivity contribution < 1.29 is 13.5 Å². The fraction of sp³-hybridized carbons (Fsp3) is 0.500. The van der Waals surface area contributed by atoms with Gasteiger partial charge < -0.3 is 9.64 Å². The predicted molar refractivity (Wildman–Crippen MR) is 81.4 cm³/mol. The molecule has 0 radical (unpaired) electrons. The van der Waals surface area contributed by atoms with Gasteiger partial charge in [-0.15, -0.1) is 0 Å². The summed E-state index contributed by atoms with van der Waals surface area (Å²) in [4.78, 5) is 10.1. The summed E-state index contributed by atoms with van der Waals surface area (Å²) in [5.41, 5.74) is 0.266. The van der Waals surface area contributed by atoms with Crippen LogP contribution in [0.15, 0.2) is 24.3 Å². The number of fused-ring (bicyclic) bond motifs is 1. The highest BCUT2D eigenvalue weighted by Gasteiger charge is 2.32. The maximum atomic E-state index is 13.1. The molecule has 4 nitrogen and oxygen atoms in total. The molecule has 118 valence electrons. The minimum Gasteiger partial charge on any atom is -0.372 e. The van der Waals surface area contributed by atoms with Crippen molar-refractivity contribution in [1.29, 1.82) is 0 Å². The molecular weight excluding hydrogens is 288 g/mol. The molecule has 1 aliphatic heterocycles. The van der Waals surface area contributed by atoms with Gasteiger partial charge in [0.15, 0.2) is 5.82 Å². The molecule has 0 amide bonds. The molecule has 0 N–H and O–H groups in total. The van der Waals surface area contributed by atoms with Gasteiger partial charge in [0.05, 0.1) is 17.7 Å². The molecule has 1 aliphatic rings. The quantitative estimate of drug-likeness (QED) is 0.869. The second-order valence-electron chi connectivity index (χ2n) is 5.80. The minimum atomic E-state index is -2.68. The molecule has 3 rings (SSSR count). The van der Waals surface area contributed by atoms with E-state index in [1.165, 1.54) is 0 Å². The molecule has 1 unspecified atom stereocenters. The summed E-state index contributed by atoms with van der Waals surface area (Å²) in [5, 5.41) is 0.798. The highest BCUT2D eigenvalue weighted by molar-refractivity contribution is 5.89. The lowest BCUT2D eigenvalue weighted by Crippen LogP contribution is -2.50. The number of hydrogen-bond acceptors (Lipinski definition) is 4. The van der Waals surface area contributed by atoms with E-state index in [9.17, 15) is 8.78 Å². The molecule has 0 saturated carbocycles. The maximum absolute atomic E-state index is 13.1. The summed E-state index contributed by atoms with van der Waals surface area (Å²) in [7, 11) is 0. The minimum absolute atomic E-state index is 0.282. The highest BCUT2D eigenvalue weighted by Crippen LogP contribution is 2.31. The number of morpholine rings is 1. The number of rotatable bonds is 3. The zero-order chi connectivity index (χ0) is 15.7. The molecule has 1 aromatic heterocycles. The first kappa shape index (κ1) is 15.1. The second kappa shape index (κ2) is 5.76. The zero-order valence-electron chi connectivity index (χ0n) is 12.7. The number of para-hydroxylation sites is 1. The van der Waals surface area contributed by atoms with Crippen molar-refractivity contribution in [2.24, 2.45) is 0 Å². The SMILES string of the molecule is CCC1(C)CN(c2nc(C(F)F)nc3ccccc23)CCO1. The predicted octanol–water partition coefficient (Wildman–Crippen LogP) is 3.57. The van der Waals surface area contributed by atoms with Gasteiger partial charge in [-0.1, -0.05) is 19.1 Å². The Labute approximate surface area is 128 Å². The molecule has 2 aromatic rings. The Hall–Kier alpha value is -1.82. The molecule has 1 saturated heterocycles. The van der Waals surface area contributed by atoms with Crippen molar-refractivity contribution in [3.63, 3.8) is 0 Å². The maximum Gasteiger partial charge on any atom is 0.297 e. The third-order valence-electron chi connectivity index (χ3n) is 4.18. The lowest BCUT2D eigenvalue weighted by molar-refractivity contribution is -0.0442. The third-order valence-corrected chi connectivity index (χ3v) is 4.18. The first-order valence-corrected chi connectivity index (χ1v) is 7.46. The van der Waals surface area contributed by atoms with Gasteiger partial charge in [-0.2, -0.15) is 0 Å². The van der Waals surface area contributed by atoms with Crippen LogP contribution in [0.2, 0.25) is 0 Å². The summed E-state index contributed by atoms with van der Waals surface area (Å²) < 4.78 is 32.0. The lowest BCUT2D eigenvalue weighted by atomic mass is 10.0. The van der Waals surface area contributed by atoms with E-state index in [1.807, 2.05) is 24.0 Å². The number of halogens is 2. The van der Waals surface area contributed by atoms with E-state index in [0.717, 1.165) is 11.8 Å². The van der Waals surface area contributed by atoms with Crippen LogP contribution in [0.3, 0.4) is 0 Å². The third kappa shape index (κ3) is 2.75. The van der Waals surface area contributed by atoms with Crippen LogP contribution in [-0.4, -0.2) is 35.3 Å². The Kier molecular flexibility index (Phi) is 3.95. The summed E-state index contributed by atoms with van der Waals surface area (Å²) in [6.07, 6.45) is -1.82. The molecule has 1 fully saturated rings. The fourth-order valence-electron chi connectivity index (χ4n) is 2.74. The van der Waals surface area contributed by atoms with Gasteiger partial charge >= 0.3 is 0 Å². The first-order valence-electron chi connectivity index (χ1n) is 7.46. The molecule has 0 aliphatic carbocycles. The number of hydrogen-bond donors (Lipinski definition) is 0. The Morgan fingerprint density at radius 1 is 1.32 bits per heavy atom. The molecule has 0 bridgehead atoms. The van der Waals surface area contributed by atoms with Gasteiger partial charge in [-0.25, -0.2) is 18.7 Å². The number of nitrogens with zero attached hydrogens (tertiary/aromatic N) is 3. The van der Waals surface area contributed by atoms with Crippen molar-refractivity contribution >= 4 is 16.7 Å². The lowest BCUT2D eigenvalue weighted by Gasteiger charge is -2.41. The molecule has 6 heteroatoms. The van der Waals surface area contributed by atoms with Gasteiger partial charge in [-0.05, 0) is 25.5 Å². The summed E-state index contributed by atoms with van der Waals surface area (Å²) in [6, 6.07) is 7.28. The number of alkyl halides is 2. The van der Waals surface area contributed by atoms with E-state index >= 15 is 0 Å². The van der Waals surface area contributed by atoms with E-state index in [4.69, 9.17) is 4.74 Å². The summed E-state index contributed by atoms with van der Waals surface area (Å²) in [6.45, 7) is 5.93. The largest absolute Gasteiger partial charge is 0.372 e. The van der Waals surface area contributed by atoms with Crippen LogP contribution in [-0.2, 0) is 4.74 Å². The van der Waals surface area contributed by atoms with Crippen molar-refractivity contribution in [3.8, 4) is 0 Å². The van der Waals surface area contributed by atoms with E-state index in [2.05, 4.69) is 16.9 Å². The Balaban J connectivity index is 2.08. The van der Waals surface area contributed by atoms with Crippen molar-refractivity contribution in [1.82, 2.24) is 9.97 Å². The van der Waals surface area contributed by atoms with Crippen LogP contribution in [0.1, 0.15) is 32.5 Å². The molecule has 1 aromatic carbocycles. The van der Waals surface area contributed by atoms with Gasteiger partial charge in [-0.3, -0.25) is 0 Å². The Morgan fingerprint density at radius 2 is 2.09 bits per heavy atom. The number of anilines is 1. The van der Waals surface area contributed by atoms with Crippen LogP contribution in [0.4, 0.5) is 14.6 Å². The van der Waals surface area contributed by atoms with E-state index in [0.29, 0.717) is 31.0 Å². The molecular formula is C16H19F2N3O. The number of aromatic nitrogens is 2. The number of benzene rings is 1. The van der Waals surface area contributed by atoms with Crippen molar-refractivity contribution in [2.75, 3.05) is 24.6 Å². The van der Waals surface area contributed by atoms with Crippen LogP contribution in [0.5, 0.6) is 0 Å². The van der Waals surface area contributed by atoms with E-state index < -0.39 is 12.2 Å². The average molecular weight is 307 g/mol.